The van der Waals surface area contributed by atoms with Gasteiger partial charge in [-0.25, -0.2) is 4.79 Å². The van der Waals surface area contributed by atoms with E-state index in [1.54, 1.807) is 6.92 Å². The Bertz CT molecular complexity index is 255. The summed E-state index contributed by atoms with van der Waals surface area (Å²) >= 11 is 0. The van der Waals surface area contributed by atoms with Gasteiger partial charge in [0.1, 0.15) is 6.10 Å². The number of carbonyl (C=O) groups excluding carboxylic acids is 2. The highest BCUT2D eigenvalue weighted by atomic mass is 16.5. The van der Waals surface area contributed by atoms with Gasteiger partial charge in [0.25, 0.3) is 0 Å². The van der Waals surface area contributed by atoms with Crippen LogP contribution in [-0.4, -0.2) is 24.5 Å². The molecule has 0 heterocycles. The minimum absolute atomic E-state index is 0.0149. The van der Waals surface area contributed by atoms with Crippen molar-refractivity contribution in [3.8, 4) is 0 Å². The molecule has 0 aromatic rings. The third-order valence-electron chi connectivity index (χ3n) is 2.60. The Labute approximate surface area is 89.7 Å². The lowest BCUT2D eigenvalue weighted by atomic mass is 9.93. The molecule has 0 unspecified atom stereocenters. The molecule has 0 saturated heterocycles. The van der Waals surface area contributed by atoms with Crippen molar-refractivity contribution in [3.05, 3.63) is 12.2 Å². The van der Waals surface area contributed by atoms with Gasteiger partial charge in [0, 0.05) is 11.6 Å². The van der Waals surface area contributed by atoms with Gasteiger partial charge >= 0.3 is 5.97 Å². The Morgan fingerprint density at radius 2 is 2.00 bits per heavy atom. The van der Waals surface area contributed by atoms with Gasteiger partial charge < -0.3 is 10.1 Å². The summed E-state index contributed by atoms with van der Waals surface area (Å²) in [5.74, 6) is -0.318. The maximum Gasteiger partial charge on any atom is 0.333 e. The summed E-state index contributed by atoms with van der Waals surface area (Å²) < 4.78 is 5.22. The number of hydrogen-bond acceptors (Lipinski definition) is 3. The van der Waals surface area contributed by atoms with E-state index in [-0.39, 0.29) is 18.1 Å². The van der Waals surface area contributed by atoms with Crippen LogP contribution in [0.4, 0.5) is 0 Å². The molecule has 84 valence electrons. The van der Waals surface area contributed by atoms with Crippen LogP contribution in [0.3, 0.4) is 0 Å². The number of nitrogens with one attached hydrogen (secondary N) is 1. The van der Waals surface area contributed by atoms with Gasteiger partial charge in [-0.1, -0.05) is 6.58 Å². The maximum atomic E-state index is 11.2. The number of carbonyl (C=O) groups is 2. The molecule has 0 radical (unpaired) electrons. The summed E-state index contributed by atoms with van der Waals surface area (Å²) in [5, 5.41) is 2.74. The van der Waals surface area contributed by atoms with Crippen LogP contribution in [0.2, 0.25) is 0 Å². The van der Waals surface area contributed by atoms with Crippen LogP contribution in [0.25, 0.3) is 0 Å². The SMILES string of the molecule is C=C(C)C(=O)OC1CCC(NC=O)CC1. The lowest BCUT2D eigenvalue weighted by Gasteiger charge is -2.27. The molecule has 0 aliphatic heterocycles. The third kappa shape index (κ3) is 3.73. The van der Waals surface area contributed by atoms with E-state index in [4.69, 9.17) is 4.74 Å². The Morgan fingerprint density at radius 3 is 2.47 bits per heavy atom. The third-order valence-corrected chi connectivity index (χ3v) is 2.60. The first-order valence-electron chi connectivity index (χ1n) is 5.19. The molecule has 0 aromatic carbocycles. The van der Waals surface area contributed by atoms with Crippen LogP contribution in [0.1, 0.15) is 32.6 Å². The zero-order valence-electron chi connectivity index (χ0n) is 8.99. The summed E-state index contributed by atoms with van der Waals surface area (Å²) in [7, 11) is 0. The van der Waals surface area contributed by atoms with E-state index in [0.29, 0.717) is 5.57 Å². The lowest BCUT2D eigenvalue weighted by molar-refractivity contribution is -0.146. The van der Waals surface area contributed by atoms with Crippen LogP contribution in [0, 0.1) is 0 Å². The van der Waals surface area contributed by atoms with Crippen molar-refractivity contribution in [2.24, 2.45) is 0 Å². The summed E-state index contributed by atoms with van der Waals surface area (Å²) in [5.41, 5.74) is 0.433. The molecular weight excluding hydrogens is 194 g/mol. The minimum atomic E-state index is -0.318. The highest BCUT2D eigenvalue weighted by molar-refractivity contribution is 5.87. The number of amides is 1. The Hall–Kier alpha value is -1.32. The maximum absolute atomic E-state index is 11.2. The van der Waals surface area contributed by atoms with Gasteiger partial charge in [-0.05, 0) is 32.6 Å². The second kappa shape index (κ2) is 5.53. The summed E-state index contributed by atoms with van der Waals surface area (Å²) in [6.45, 7) is 5.17. The molecule has 0 aromatic heterocycles. The van der Waals surface area contributed by atoms with Crippen LogP contribution >= 0.6 is 0 Å². The zero-order valence-corrected chi connectivity index (χ0v) is 8.99. The second-order valence-corrected chi connectivity index (χ2v) is 3.94. The first kappa shape index (κ1) is 11.8. The first-order chi connectivity index (χ1) is 7.13. The molecule has 4 heteroatoms. The zero-order chi connectivity index (χ0) is 11.3. The van der Waals surface area contributed by atoms with Crippen molar-refractivity contribution in [1.29, 1.82) is 0 Å². The average Bonchev–Trinajstić information content (AvgIpc) is 2.21. The Kier molecular flexibility index (Phi) is 4.34. The highest BCUT2D eigenvalue weighted by Crippen LogP contribution is 2.21. The van der Waals surface area contributed by atoms with Crippen LogP contribution < -0.4 is 5.32 Å². The summed E-state index contributed by atoms with van der Waals surface area (Å²) in [4.78, 5) is 21.4. The van der Waals surface area contributed by atoms with Gasteiger partial charge in [-0.2, -0.15) is 0 Å². The minimum Gasteiger partial charge on any atom is -0.459 e. The van der Waals surface area contributed by atoms with Gasteiger partial charge in [0.05, 0.1) is 0 Å². The van der Waals surface area contributed by atoms with Crippen molar-refractivity contribution >= 4 is 12.4 Å². The molecule has 1 aliphatic rings. The van der Waals surface area contributed by atoms with Gasteiger partial charge in [0.2, 0.25) is 6.41 Å². The van der Waals surface area contributed by atoms with Crippen molar-refractivity contribution < 1.29 is 14.3 Å². The molecule has 1 rings (SSSR count). The molecule has 4 nitrogen and oxygen atoms in total. The highest BCUT2D eigenvalue weighted by Gasteiger charge is 2.23. The van der Waals surface area contributed by atoms with E-state index in [1.807, 2.05) is 0 Å². The molecule has 1 amide bonds. The van der Waals surface area contributed by atoms with Crippen LogP contribution in [-0.2, 0) is 14.3 Å². The number of hydrogen-bond donors (Lipinski definition) is 1. The normalized spacial score (nSPS) is 25.4. The smallest absolute Gasteiger partial charge is 0.333 e. The van der Waals surface area contributed by atoms with Gasteiger partial charge in [0.15, 0.2) is 0 Å². The fourth-order valence-electron chi connectivity index (χ4n) is 1.70. The fourth-order valence-corrected chi connectivity index (χ4v) is 1.70. The molecule has 0 spiro atoms. The predicted octanol–water partition coefficient (Wildman–Crippen LogP) is 1.16. The molecule has 1 saturated carbocycles. The monoisotopic (exact) mass is 211 g/mol. The molecule has 0 bridgehead atoms. The quantitative estimate of drug-likeness (QED) is 0.431. The first-order valence-corrected chi connectivity index (χ1v) is 5.19. The predicted molar refractivity (Wildman–Crippen MR) is 56.1 cm³/mol. The van der Waals surface area contributed by atoms with E-state index in [9.17, 15) is 9.59 Å². The summed E-state index contributed by atoms with van der Waals surface area (Å²) in [6.07, 6.45) is 4.07. The largest absolute Gasteiger partial charge is 0.459 e. The molecular formula is C11H17NO3. The fraction of sp³-hybridized carbons (Fsp3) is 0.636. The average molecular weight is 211 g/mol. The van der Waals surface area contributed by atoms with E-state index < -0.39 is 0 Å². The van der Waals surface area contributed by atoms with Crippen molar-refractivity contribution in [2.75, 3.05) is 0 Å². The summed E-state index contributed by atoms with van der Waals surface area (Å²) in [6, 6.07) is 0.238. The van der Waals surface area contributed by atoms with E-state index in [1.165, 1.54) is 0 Å². The lowest BCUT2D eigenvalue weighted by Crippen LogP contribution is -2.35. The van der Waals surface area contributed by atoms with Gasteiger partial charge in [-0.3, -0.25) is 4.79 Å². The van der Waals surface area contributed by atoms with E-state index in [0.717, 1.165) is 32.1 Å². The number of ether oxygens (including phenoxy) is 1. The van der Waals surface area contributed by atoms with E-state index >= 15 is 0 Å². The van der Waals surface area contributed by atoms with Crippen molar-refractivity contribution in [3.63, 3.8) is 0 Å². The Morgan fingerprint density at radius 1 is 1.40 bits per heavy atom. The second-order valence-electron chi connectivity index (χ2n) is 3.94. The van der Waals surface area contributed by atoms with E-state index in [2.05, 4.69) is 11.9 Å². The number of esters is 1. The van der Waals surface area contributed by atoms with Crippen molar-refractivity contribution in [2.45, 2.75) is 44.8 Å². The molecule has 0 atom stereocenters. The standard InChI is InChI=1S/C11H17NO3/c1-8(2)11(14)15-10-5-3-9(4-6-10)12-7-13/h7,9-10H,1,3-6H2,2H3,(H,12,13). The van der Waals surface area contributed by atoms with Crippen LogP contribution in [0.15, 0.2) is 12.2 Å². The van der Waals surface area contributed by atoms with Crippen molar-refractivity contribution in [1.82, 2.24) is 5.32 Å². The van der Waals surface area contributed by atoms with Gasteiger partial charge in [-0.15, -0.1) is 0 Å². The molecule has 15 heavy (non-hydrogen) atoms. The number of rotatable bonds is 4. The van der Waals surface area contributed by atoms with Crippen LogP contribution in [0.5, 0.6) is 0 Å². The molecule has 1 N–H and O–H groups in total. The Balaban J connectivity index is 2.28. The topological polar surface area (TPSA) is 55.4 Å². The molecule has 1 fully saturated rings. The molecule has 1 aliphatic carbocycles.